The van der Waals surface area contributed by atoms with Crippen molar-refractivity contribution in [1.82, 2.24) is 4.98 Å². The van der Waals surface area contributed by atoms with Crippen LogP contribution in [-0.2, 0) is 9.53 Å². The predicted molar refractivity (Wildman–Crippen MR) is 111 cm³/mol. The first-order valence-corrected chi connectivity index (χ1v) is 9.20. The number of benzene rings is 3. The minimum absolute atomic E-state index is 0.265. The second kappa shape index (κ2) is 8.48. The summed E-state index contributed by atoms with van der Waals surface area (Å²) in [5, 5.41) is 2.66. The number of anilines is 1. The number of esters is 1. The van der Waals surface area contributed by atoms with Crippen molar-refractivity contribution in [1.29, 1.82) is 0 Å². The van der Waals surface area contributed by atoms with Crippen LogP contribution in [0.15, 0.2) is 77.2 Å². The van der Waals surface area contributed by atoms with Crippen molar-refractivity contribution < 1.29 is 23.5 Å². The number of hydrogen-bond donors (Lipinski definition) is 1. The molecule has 0 bridgehead atoms. The Morgan fingerprint density at radius 1 is 0.967 bits per heavy atom. The van der Waals surface area contributed by atoms with Crippen molar-refractivity contribution in [2.75, 3.05) is 19.0 Å². The van der Waals surface area contributed by atoms with Crippen LogP contribution in [0, 0.1) is 0 Å². The molecule has 0 atom stereocenters. The lowest BCUT2D eigenvalue weighted by Gasteiger charge is -2.09. The quantitative estimate of drug-likeness (QED) is 0.484. The fourth-order valence-corrected chi connectivity index (χ4v) is 2.92. The third kappa shape index (κ3) is 4.15. The molecule has 0 saturated carbocycles. The Kier molecular flexibility index (Phi) is 5.43. The molecule has 7 heteroatoms. The molecule has 0 saturated heterocycles. The van der Waals surface area contributed by atoms with Gasteiger partial charge in [-0.2, -0.15) is 0 Å². The molecule has 0 aliphatic heterocycles. The minimum atomic E-state index is -0.641. The fraction of sp³-hybridized carbons (Fsp3) is 0.0870. The summed E-state index contributed by atoms with van der Waals surface area (Å²) in [6.07, 6.45) is 0. The zero-order chi connectivity index (χ0) is 20.9. The van der Waals surface area contributed by atoms with Gasteiger partial charge in [0.15, 0.2) is 12.2 Å². The predicted octanol–water partition coefficient (Wildman–Crippen LogP) is 4.30. The number of fused-ring (bicyclic) bond motifs is 1. The molecule has 0 spiro atoms. The Morgan fingerprint density at radius 3 is 2.47 bits per heavy atom. The van der Waals surface area contributed by atoms with Gasteiger partial charge in [0.1, 0.15) is 11.3 Å². The van der Waals surface area contributed by atoms with E-state index < -0.39 is 18.5 Å². The molecule has 30 heavy (non-hydrogen) atoms. The number of nitrogens with zero attached hydrogens (tertiary/aromatic N) is 1. The monoisotopic (exact) mass is 402 g/mol. The topological polar surface area (TPSA) is 90.7 Å². The Hall–Kier alpha value is -4.13. The molecular weight excluding hydrogens is 384 g/mol. The van der Waals surface area contributed by atoms with Crippen LogP contribution in [0.1, 0.15) is 10.4 Å². The molecule has 4 aromatic rings. The molecule has 150 valence electrons. The number of para-hydroxylation sites is 2. The summed E-state index contributed by atoms with van der Waals surface area (Å²) in [4.78, 5) is 29.2. The van der Waals surface area contributed by atoms with Gasteiger partial charge in [0.2, 0.25) is 5.89 Å². The fourth-order valence-electron chi connectivity index (χ4n) is 2.92. The van der Waals surface area contributed by atoms with Gasteiger partial charge < -0.3 is 19.2 Å². The van der Waals surface area contributed by atoms with Crippen molar-refractivity contribution in [2.45, 2.75) is 0 Å². The molecule has 0 aliphatic rings. The summed E-state index contributed by atoms with van der Waals surface area (Å²) in [5.74, 6) is -0.104. The molecule has 1 N–H and O–H groups in total. The highest BCUT2D eigenvalue weighted by atomic mass is 16.5. The van der Waals surface area contributed by atoms with Gasteiger partial charge in [0.05, 0.1) is 18.2 Å². The molecule has 4 rings (SSSR count). The summed E-state index contributed by atoms with van der Waals surface area (Å²) < 4.78 is 16.0. The Balaban J connectivity index is 1.45. The van der Waals surface area contributed by atoms with E-state index in [4.69, 9.17) is 13.9 Å². The first kappa shape index (κ1) is 19.2. The van der Waals surface area contributed by atoms with E-state index in [2.05, 4.69) is 10.3 Å². The lowest BCUT2D eigenvalue weighted by molar-refractivity contribution is -0.119. The number of aromatic nitrogens is 1. The normalized spacial score (nSPS) is 10.6. The zero-order valence-electron chi connectivity index (χ0n) is 16.1. The van der Waals surface area contributed by atoms with E-state index in [0.717, 1.165) is 0 Å². The van der Waals surface area contributed by atoms with Crippen LogP contribution in [-0.4, -0.2) is 30.6 Å². The highest BCUT2D eigenvalue weighted by Gasteiger charge is 2.19. The summed E-state index contributed by atoms with van der Waals surface area (Å²) in [7, 11) is 1.56. The van der Waals surface area contributed by atoms with Gasteiger partial charge in [0.25, 0.3) is 5.91 Å². The van der Waals surface area contributed by atoms with E-state index in [9.17, 15) is 9.59 Å². The Labute approximate surface area is 172 Å². The van der Waals surface area contributed by atoms with Crippen molar-refractivity contribution >= 4 is 28.7 Å². The van der Waals surface area contributed by atoms with Gasteiger partial charge in [-0.25, -0.2) is 9.78 Å². The third-order valence-corrected chi connectivity index (χ3v) is 4.38. The smallest absolute Gasteiger partial charge is 0.339 e. The Morgan fingerprint density at radius 2 is 1.70 bits per heavy atom. The van der Waals surface area contributed by atoms with Crippen molar-refractivity contribution in [3.05, 3.63) is 78.4 Å². The average Bonchev–Trinajstić information content (AvgIpc) is 3.22. The van der Waals surface area contributed by atoms with E-state index in [1.165, 1.54) is 0 Å². The number of carbonyl (C=O) groups excluding carboxylic acids is 2. The number of methoxy groups -OCH3 is 1. The number of oxazole rings is 1. The molecule has 0 aliphatic carbocycles. The molecule has 7 nitrogen and oxygen atoms in total. The SMILES string of the molecule is COc1ccc(NC(=O)COC(=O)c2ccccc2-c2nc3ccccc3o2)cc1. The van der Waals surface area contributed by atoms with E-state index in [1.807, 2.05) is 18.2 Å². The molecule has 3 aromatic carbocycles. The Bertz CT molecular complexity index is 1160. The van der Waals surface area contributed by atoms with Crippen LogP contribution < -0.4 is 10.1 Å². The van der Waals surface area contributed by atoms with Crippen LogP contribution in [0.4, 0.5) is 5.69 Å². The molecule has 1 heterocycles. The summed E-state index contributed by atoms with van der Waals surface area (Å²) in [6, 6.07) is 21.0. The number of nitrogens with one attached hydrogen (secondary N) is 1. The maximum absolute atomic E-state index is 12.6. The van der Waals surface area contributed by atoms with Crippen molar-refractivity contribution in [2.24, 2.45) is 0 Å². The average molecular weight is 402 g/mol. The van der Waals surface area contributed by atoms with Gasteiger partial charge in [-0.05, 0) is 48.5 Å². The zero-order valence-corrected chi connectivity index (χ0v) is 16.1. The van der Waals surface area contributed by atoms with Crippen LogP contribution >= 0.6 is 0 Å². The van der Waals surface area contributed by atoms with Crippen molar-refractivity contribution in [3.63, 3.8) is 0 Å². The number of carbonyl (C=O) groups is 2. The van der Waals surface area contributed by atoms with Gasteiger partial charge in [-0.15, -0.1) is 0 Å². The van der Waals surface area contributed by atoms with Gasteiger partial charge in [0, 0.05) is 5.69 Å². The standard InChI is InChI=1S/C23H18N2O5/c1-28-16-12-10-15(11-13-16)24-21(26)14-29-23(27)18-7-3-2-6-17(18)22-25-19-8-4-5-9-20(19)30-22/h2-13H,14H2,1H3,(H,24,26). The molecular formula is C23H18N2O5. The van der Waals surface area contributed by atoms with Gasteiger partial charge in [-0.3, -0.25) is 4.79 Å². The maximum atomic E-state index is 12.6. The van der Waals surface area contributed by atoms with Gasteiger partial charge in [-0.1, -0.05) is 24.3 Å². The van der Waals surface area contributed by atoms with Crippen LogP contribution in [0.5, 0.6) is 5.75 Å². The van der Waals surface area contributed by atoms with E-state index in [0.29, 0.717) is 34.0 Å². The molecule has 0 unspecified atom stereocenters. The highest BCUT2D eigenvalue weighted by Crippen LogP contribution is 2.27. The van der Waals surface area contributed by atoms with E-state index >= 15 is 0 Å². The van der Waals surface area contributed by atoms with Gasteiger partial charge >= 0.3 is 5.97 Å². The largest absolute Gasteiger partial charge is 0.497 e. The maximum Gasteiger partial charge on any atom is 0.339 e. The van der Waals surface area contributed by atoms with E-state index in [-0.39, 0.29) is 5.56 Å². The van der Waals surface area contributed by atoms with Crippen LogP contribution in [0.3, 0.4) is 0 Å². The second-order valence-corrected chi connectivity index (χ2v) is 6.39. The summed E-state index contributed by atoms with van der Waals surface area (Å²) >= 11 is 0. The second-order valence-electron chi connectivity index (χ2n) is 6.39. The van der Waals surface area contributed by atoms with E-state index in [1.54, 1.807) is 61.7 Å². The molecule has 0 fully saturated rings. The first-order valence-electron chi connectivity index (χ1n) is 9.20. The summed E-state index contributed by atoms with van der Waals surface area (Å²) in [5.41, 5.74) is 2.64. The highest BCUT2D eigenvalue weighted by molar-refractivity contribution is 5.99. The number of rotatable bonds is 6. The van der Waals surface area contributed by atoms with Crippen LogP contribution in [0.25, 0.3) is 22.6 Å². The van der Waals surface area contributed by atoms with Crippen LogP contribution in [0.2, 0.25) is 0 Å². The lowest BCUT2D eigenvalue weighted by Crippen LogP contribution is -2.21. The van der Waals surface area contributed by atoms with Crippen molar-refractivity contribution in [3.8, 4) is 17.2 Å². The lowest BCUT2D eigenvalue weighted by atomic mass is 10.1. The number of hydrogen-bond acceptors (Lipinski definition) is 6. The summed E-state index contributed by atoms with van der Waals surface area (Å²) in [6.45, 7) is -0.424. The number of amides is 1. The third-order valence-electron chi connectivity index (χ3n) is 4.38. The first-order chi connectivity index (χ1) is 14.6. The molecule has 1 aromatic heterocycles. The number of ether oxygens (including phenoxy) is 2. The molecule has 1 amide bonds. The minimum Gasteiger partial charge on any atom is -0.497 e. The molecule has 0 radical (unpaired) electrons.